The molecule has 0 aliphatic carbocycles. The van der Waals surface area contributed by atoms with Crippen molar-refractivity contribution in [1.82, 2.24) is 0 Å². The number of carbonyl (C=O) groups is 1. The van der Waals surface area contributed by atoms with E-state index in [-0.39, 0.29) is 0 Å². The van der Waals surface area contributed by atoms with Gasteiger partial charge >= 0.3 is 5.97 Å². The van der Waals surface area contributed by atoms with Crippen molar-refractivity contribution < 1.29 is 14.3 Å². The first kappa shape index (κ1) is 14.0. The van der Waals surface area contributed by atoms with Crippen molar-refractivity contribution in [2.75, 3.05) is 12.3 Å². The van der Waals surface area contributed by atoms with Gasteiger partial charge in [-0.3, -0.25) is 0 Å². The zero-order chi connectivity index (χ0) is 14.4. The molecule has 4 nitrogen and oxygen atoms in total. The molecular formula is C15H14BNO3. The molecular weight excluding hydrogens is 253 g/mol. The summed E-state index contributed by atoms with van der Waals surface area (Å²) in [6, 6.07) is 14.8. The monoisotopic (exact) mass is 267 g/mol. The van der Waals surface area contributed by atoms with E-state index in [2.05, 4.69) is 9.96 Å². The standard InChI is InChI=1S/C15H14BNO3/c1-19-15(18)13-8-7-12(9-14(13)17-16)20-10-11-5-3-2-4-6-11/h2-9,17H,10H2,1H3. The van der Waals surface area contributed by atoms with E-state index in [1.165, 1.54) is 7.11 Å². The highest BCUT2D eigenvalue weighted by atomic mass is 16.5. The average Bonchev–Trinajstić information content (AvgIpc) is 2.52. The van der Waals surface area contributed by atoms with Gasteiger partial charge in [0.25, 0.3) is 0 Å². The third-order valence-electron chi connectivity index (χ3n) is 2.80. The van der Waals surface area contributed by atoms with Gasteiger partial charge in [0.05, 0.1) is 12.7 Å². The van der Waals surface area contributed by atoms with Gasteiger partial charge in [-0.25, -0.2) is 4.79 Å². The van der Waals surface area contributed by atoms with Gasteiger partial charge in [-0.1, -0.05) is 30.3 Å². The Morgan fingerprint density at radius 1 is 1.20 bits per heavy atom. The number of carbonyl (C=O) groups excluding carboxylic acids is 1. The van der Waals surface area contributed by atoms with E-state index in [0.717, 1.165) is 5.56 Å². The number of nitrogens with one attached hydrogen (secondary N) is 1. The summed E-state index contributed by atoms with van der Waals surface area (Å²) in [6.07, 6.45) is 0. The van der Waals surface area contributed by atoms with Crippen molar-refractivity contribution in [1.29, 1.82) is 0 Å². The largest absolute Gasteiger partial charge is 0.489 e. The van der Waals surface area contributed by atoms with Gasteiger partial charge in [0.15, 0.2) is 0 Å². The van der Waals surface area contributed by atoms with Crippen LogP contribution in [0.5, 0.6) is 5.75 Å². The van der Waals surface area contributed by atoms with Crippen LogP contribution >= 0.6 is 0 Å². The van der Waals surface area contributed by atoms with Crippen LogP contribution in [-0.4, -0.2) is 21.1 Å². The minimum Gasteiger partial charge on any atom is -0.489 e. The van der Waals surface area contributed by atoms with Gasteiger partial charge in [-0.2, -0.15) is 0 Å². The summed E-state index contributed by atoms with van der Waals surface area (Å²) in [5.41, 5.74) is 1.89. The van der Waals surface area contributed by atoms with Gasteiger partial charge in [-0.15, -0.1) is 0 Å². The molecule has 0 unspecified atom stereocenters. The maximum atomic E-state index is 11.5. The first-order valence-electron chi connectivity index (χ1n) is 6.10. The molecule has 0 bridgehead atoms. The maximum absolute atomic E-state index is 11.5. The highest BCUT2D eigenvalue weighted by molar-refractivity contribution is 6.17. The Balaban J connectivity index is 2.12. The third-order valence-corrected chi connectivity index (χ3v) is 2.80. The van der Waals surface area contributed by atoms with Gasteiger partial charge in [0.2, 0.25) is 7.98 Å². The van der Waals surface area contributed by atoms with E-state index < -0.39 is 5.97 Å². The molecule has 2 aromatic carbocycles. The van der Waals surface area contributed by atoms with Crippen molar-refractivity contribution >= 4 is 19.6 Å². The Morgan fingerprint density at radius 3 is 2.60 bits per heavy atom. The molecule has 2 radical (unpaired) electrons. The quantitative estimate of drug-likeness (QED) is 0.668. The number of benzene rings is 2. The lowest BCUT2D eigenvalue weighted by Gasteiger charge is -2.11. The van der Waals surface area contributed by atoms with Gasteiger partial charge in [-0.05, 0) is 17.7 Å². The summed E-state index contributed by atoms with van der Waals surface area (Å²) in [7, 11) is 6.73. The smallest absolute Gasteiger partial charge is 0.339 e. The second-order valence-corrected chi connectivity index (χ2v) is 4.12. The van der Waals surface area contributed by atoms with E-state index in [0.29, 0.717) is 23.6 Å². The van der Waals surface area contributed by atoms with E-state index in [1.54, 1.807) is 18.2 Å². The summed E-state index contributed by atoms with van der Waals surface area (Å²) in [4.78, 5) is 11.5. The van der Waals surface area contributed by atoms with Crippen LogP contribution in [0.2, 0.25) is 0 Å². The summed E-state index contributed by atoms with van der Waals surface area (Å²) < 4.78 is 10.3. The molecule has 100 valence electrons. The molecule has 0 aliphatic heterocycles. The lowest BCUT2D eigenvalue weighted by molar-refractivity contribution is 0.0602. The van der Waals surface area contributed by atoms with Gasteiger partial charge in [0.1, 0.15) is 12.4 Å². The fourth-order valence-corrected chi connectivity index (χ4v) is 1.76. The summed E-state index contributed by atoms with van der Waals surface area (Å²) in [6.45, 7) is 0.447. The number of esters is 1. The highest BCUT2D eigenvalue weighted by Crippen LogP contribution is 2.23. The maximum Gasteiger partial charge on any atom is 0.339 e. The molecule has 0 amide bonds. The normalized spacial score (nSPS) is 9.85. The zero-order valence-corrected chi connectivity index (χ0v) is 11.1. The molecule has 0 atom stereocenters. The first-order chi connectivity index (χ1) is 9.74. The Labute approximate surface area is 119 Å². The summed E-state index contributed by atoms with van der Waals surface area (Å²) in [5.74, 6) is 0.169. The minimum atomic E-state index is -0.451. The van der Waals surface area contributed by atoms with Crippen molar-refractivity contribution in [3.8, 4) is 5.75 Å². The summed E-state index contributed by atoms with van der Waals surface area (Å²) >= 11 is 0. The number of hydrogen-bond acceptors (Lipinski definition) is 4. The van der Waals surface area contributed by atoms with Crippen molar-refractivity contribution in [2.24, 2.45) is 0 Å². The van der Waals surface area contributed by atoms with Crippen LogP contribution < -0.4 is 9.96 Å². The lowest BCUT2D eigenvalue weighted by atomic mass is 10.1. The Morgan fingerprint density at radius 2 is 1.95 bits per heavy atom. The average molecular weight is 267 g/mol. The predicted molar refractivity (Wildman–Crippen MR) is 77.9 cm³/mol. The number of methoxy groups -OCH3 is 1. The van der Waals surface area contributed by atoms with E-state index in [1.807, 2.05) is 30.3 Å². The molecule has 5 heteroatoms. The fourth-order valence-electron chi connectivity index (χ4n) is 1.76. The van der Waals surface area contributed by atoms with Crippen LogP contribution in [0.4, 0.5) is 5.69 Å². The Hall–Kier alpha value is -2.43. The van der Waals surface area contributed by atoms with Crippen LogP contribution in [0, 0.1) is 0 Å². The van der Waals surface area contributed by atoms with Crippen molar-refractivity contribution in [2.45, 2.75) is 6.61 Å². The SMILES string of the molecule is [B]Nc1cc(OCc2ccccc2)ccc1C(=O)OC. The minimum absolute atomic E-state index is 0.363. The first-order valence-corrected chi connectivity index (χ1v) is 6.10. The van der Waals surface area contributed by atoms with Crippen molar-refractivity contribution in [3.05, 3.63) is 59.7 Å². The molecule has 0 spiro atoms. The Bertz CT molecular complexity index is 587. The van der Waals surface area contributed by atoms with Crippen LogP contribution in [0.25, 0.3) is 0 Å². The third kappa shape index (κ3) is 3.32. The molecule has 1 N–H and O–H groups in total. The van der Waals surface area contributed by atoms with Gasteiger partial charge < -0.3 is 14.7 Å². The lowest BCUT2D eigenvalue weighted by Crippen LogP contribution is -2.06. The number of anilines is 1. The van der Waals surface area contributed by atoms with Crippen LogP contribution in [0.3, 0.4) is 0 Å². The number of rotatable bonds is 5. The molecule has 20 heavy (non-hydrogen) atoms. The Kier molecular flexibility index (Phi) is 4.66. The van der Waals surface area contributed by atoms with Crippen molar-refractivity contribution in [3.63, 3.8) is 0 Å². The fraction of sp³-hybridized carbons (Fsp3) is 0.133. The topological polar surface area (TPSA) is 47.6 Å². The second-order valence-electron chi connectivity index (χ2n) is 4.12. The van der Waals surface area contributed by atoms with E-state index in [4.69, 9.17) is 12.7 Å². The summed E-state index contributed by atoms with van der Waals surface area (Å²) in [5, 5.41) is 2.47. The second kappa shape index (κ2) is 6.66. The van der Waals surface area contributed by atoms with Crippen LogP contribution in [0.15, 0.2) is 48.5 Å². The molecule has 2 rings (SSSR count). The van der Waals surface area contributed by atoms with Gasteiger partial charge in [0, 0.05) is 11.8 Å². The number of ether oxygens (including phenoxy) is 2. The molecule has 0 aliphatic rings. The molecule has 0 saturated heterocycles. The molecule has 0 aromatic heterocycles. The van der Waals surface area contributed by atoms with E-state index in [9.17, 15) is 4.79 Å². The molecule has 0 heterocycles. The highest BCUT2D eigenvalue weighted by Gasteiger charge is 2.11. The van der Waals surface area contributed by atoms with E-state index >= 15 is 0 Å². The predicted octanol–water partition coefficient (Wildman–Crippen LogP) is 2.55. The zero-order valence-electron chi connectivity index (χ0n) is 11.1. The molecule has 2 aromatic rings. The molecule has 0 fully saturated rings. The number of hydrogen-bond donors (Lipinski definition) is 1. The van der Waals surface area contributed by atoms with Crippen LogP contribution in [0.1, 0.15) is 15.9 Å². The van der Waals surface area contributed by atoms with Crippen LogP contribution in [-0.2, 0) is 11.3 Å². The molecule has 0 saturated carbocycles.